The minimum absolute atomic E-state index is 0.0120. The van der Waals surface area contributed by atoms with Gasteiger partial charge in [-0.15, -0.1) is 0 Å². The Hall–Kier alpha value is -1.51. The van der Waals surface area contributed by atoms with Crippen molar-refractivity contribution in [3.8, 4) is 0 Å². The largest absolute Gasteiger partial charge is 0.329 e. The normalized spacial score (nSPS) is 20.4. The Labute approximate surface area is 96.5 Å². The van der Waals surface area contributed by atoms with Gasteiger partial charge in [-0.1, -0.05) is 38.1 Å². The van der Waals surface area contributed by atoms with E-state index < -0.39 is 0 Å². The fraction of sp³-hybridized carbons (Fsp3) is 0.462. The Kier molecular flexibility index (Phi) is 2.86. The lowest BCUT2D eigenvalue weighted by Crippen LogP contribution is -2.23. The Balaban J connectivity index is 2.14. The van der Waals surface area contributed by atoms with Crippen molar-refractivity contribution in [3.05, 3.63) is 35.4 Å². The molecule has 2 rings (SSSR count). The first-order chi connectivity index (χ1) is 7.58. The van der Waals surface area contributed by atoms with Gasteiger partial charge in [-0.2, -0.15) is 0 Å². The number of nitrogens with one attached hydrogen (secondary N) is 1. The van der Waals surface area contributed by atoms with E-state index >= 15 is 0 Å². The van der Waals surface area contributed by atoms with Crippen LogP contribution in [-0.2, 0) is 0 Å². The number of hydrogen-bond acceptors (Lipinski definition) is 1. The molecule has 0 aliphatic carbocycles. The average molecular weight is 218 g/mol. The molecule has 0 spiro atoms. The summed E-state index contributed by atoms with van der Waals surface area (Å²) in [6.45, 7) is 5.11. The van der Waals surface area contributed by atoms with E-state index in [0.717, 1.165) is 6.54 Å². The highest BCUT2D eigenvalue weighted by molar-refractivity contribution is 5.76. The molecular formula is C13H18N2O. The molecule has 1 N–H and O–H groups in total. The van der Waals surface area contributed by atoms with Crippen molar-refractivity contribution in [2.24, 2.45) is 0 Å². The molecule has 3 heteroatoms. The minimum atomic E-state index is 0.0120. The monoisotopic (exact) mass is 218 g/mol. The number of urea groups is 1. The molecule has 3 nitrogen and oxygen atoms in total. The van der Waals surface area contributed by atoms with Gasteiger partial charge >= 0.3 is 6.03 Å². The second-order valence-corrected chi connectivity index (χ2v) is 4.70. The summed E-state index contributed by atoms with van der Waals surface area (Å²) >= 11 is 0. The van der Waals surface area contributed by atoms with Crippen molar-refractivity contribution in [2.75, 3.05) is 13.6 Å². The van der Waals surface area contributed by atoms with Crippen LogP contribution < -0.4 is 5.32 Å². The number of nitrogens with zero attached hydrogens (tertiary/aromatic N) is 1. The molecule has 1 aliphatic rings. The van der Waals surface area contributed by atoms with Gasteiger partial charge in [-0.25, -0.2) is 4.79 Å². The van der Waals surface area contributed by atoms with E-state index in [1.807, 2.05) is 7.05 Å². The van der Waals surface area contributed by atoms with Crippen LogP contribution in [-0.4, -0.2) is 24.5 Å². The molecule has 86 valence electrons. The third-order valence-corrected chi connectivity index (χ3v) is 3.11. The highest BCUT2D eigenvalue weighted by Gasteiger charge is 2.26. The van der Waals surface area contributed by atoms with Crippen molar-refractivity contribution < 1.29 is 4.79 Å². The molecule has 1 aromatic carbocycles. The summed E-state index contributed by atoms with van der Waals surface area (Å²) in [5.74, 6) is 0.551. The molecule has 0 saturated carbocycles. The van der Waals surface area contributed by atoms with Crippen LogP contribution in [0.2, 0.25) is 0 Å². The predicted molar refractivity (Wildman–Crippen MR) is 64.4 cm³/mol. The predicted octanol–water partition coefficient (Wildman–Crippen LogP) is 2.51. The zero-order valence-corrected chi connectivity index (χ0v) is 10.0. The van der Waals surface area contributed by atoms with E-state index in [-0.39, 0.29) is 12.1 Å². The Morgan fingerprint density at radius 3 is 2.38 bits per heavy atom. The van der Waals surface area contributed by atoms with Crippen LogP contribution >= 0.6 is 0 Å². The van der Waals surface area contributed by atoms with Gasteiger partial charge in [0.15, 0.2) is 0 Å². The molecule has 0 aromatic heterocycles. The molecule has 1 fully saturated rings. The number of likely N-dealkylation sites (N-methyl/N-ethyl adjacent to an activating group) is 1. The zero-order valence-electron chi connectivity index (χ0n) is 10.0. The summed E-state index contributed by atoms with van der Waals surface area (Å²) in [6, 6.07) is 8.66. The first kappa shape index (κ1) is 11.0. The van der Waals surface area contributed by atoms with Crippen LogP contribution in [0, 0.1) is 0 Å². The number of carbonyl (C=O) groups excluding carboxylic acids is 1. The van der Waals surface area contributed by atoms with Crippen molar-refractivity contribution >= 4 is 6.03 Å². The van der Waals surface area contributed by atoms with Crippen LogP contribution in [0.15, 0.2) is 24.3 Å². The molecule has 1 atom stereocenters. The van der Waals surface area contributed by atoms with Crippen molar-refractivity contribution in [1.29, 1.82) is 0 Å². The van der Waals surface area contributed by atoms with Crippen LogP contribution in [0.3, 0.4) is 0 Å². The smallest absolute Gasteiger partial charge is 0.317 e. The van der Waals surface area contributed by atoms with E-state index in [4.69, 9.17) is 0 Å². The number of amides is 2. The lowest BCUT2D eigenvalue weighted by Gasteiger charge is -2.11. The van der Waals surface area contributed by atoms with Crippen LogP contribution in [0.25, 0.3) is 0 Å². The number of hydrogen-bond donors (Lipinski definition) is 1. The molecule has 0 radical (unpaired) electrons. The van der Waals surface area contributed by atoms with Gasteiger partial charge in [-0.3, -0.25) is 0 Å². The summed E-state index contributed by atoms with van der Waals surface area (Å²) in [7, 11) is 1.82. The molecule has 1 unspecified atom stereocenters. The maximum atomic E-state index is 11.3. The second kappa shape index (κ2) is 4.16. The highest BCUT2D eigenvalue weighted by atomic mass is 16.2. The maximum absolute atomic E-state index is 11.3. The van der Waals surface area contributed by atoms with Gasteiger partial charge in [0.05, 0.1) is 6.04 Å². The Bertz CT molecular complexity index is 383. The molecule has 1 aromatic rings. The molecule has 2 amide bonds. The van der Waals surface area contributed by atoms with Gasteiger partial charge in [0.25, 0.3) is 0 Å². The molecule has 16 heavy (non-hydrogen) atoms. The Morgan fingerprint density at radius 1 is 1.31 bits per heavy atom. The first-order valence-electron chi connectivity index (χ1n) is 5.69. The molecular weight excluding hydrogens is 200 g/mol. The first-order valence-corrected chi connectivity index (χ1v) is 5.69. The van der Waals surface area contributed by atoms with E-state index in [1.54, 1.807) is 4.90 Å². The van der Waals surface area contributed by atoms with Crippen LogP contribution in [0.1, 0.15) is 36.9 Å². The molecule has 0 bridgehead atoms. The van der Waals surface area contributed by atoms with Gasteiger partial charge in [0.1, 0.15) is 0 Å². The zero-order chi connectivity index (χ0) is 11.7. The second-order valence-electron chi connectivity index (χ2n) is 4.70. The van der Waals surface area contributed by atoms with Crippen molar-refractivity contribution in [1.82, 2.24) is 10.2 Å². The number of rotatable bonds is 2. The maximum Gasteiger partial charge on any atom is 0.317 e. The van der Waals surface area contributed by atoms with Gasteiger partial charge in [-0.05, 0) is 17.0 Å². The Morgan fingerprint density at radius 2 is 1.94 bits per heavy atom. The van der Waals surface area contributed by atoms with E-state index in [0.29, 0.717) is 5.92 Å². The van der Waals surface area contributed by atoms with E-state index in [1.165, 1.54) is 11.1 Å². The van der Waals surface area contributed by atoms with Crippen molar-refractivity contribution in [2.45, 2.75) is 25.8 Å². The topological polar surface area (TPSA) is 32.3 Å². The summed E-state index contributed by atoms with van der Waals surface area (Å²) < 4.78 is 0. The molecule has 1 saturated heterocycles. The van der Waals surface area contributed by atoms with Gasteiger partial charge < -0.3 is 10.2 Å². The summed E-state index contributed by atoms with van der Waals surface area (Å²) in [5.41, 5.74) is 2.52. The van der Waals surface area contributed by atoms with Crippen LogP contribution in [0.5, 0.6) is 0 Å². The highest BCUT2D eigenvalue weighted by Crippen LogP contribution is 2.22. The third-order valence-electron chi connectivity index (χ3n) is 3.11. The van der Waals surface area contributed by atoms with Gasteiger partial charge in [0, 0.05) is 13.6 Å². The SMILES string of the molecule is CC(C)c1ccc(C2CN(C)C(=O)N2)cc1. The lowest BCUT2D eigenvalue weighted by atomic mass is 9.99. The lowest BCUT2D eigenvalue weighted by molar-refractivity contribution is 0.226. The number of benzene rings is 1. The van der Waals surface area contributed by atoms with Crippen molar-refractivity contribution in [3.63, 3.8) is 0 Å². The standard InChI is InChI=1S/C13H18N2O/c1-9(2)10-4-6-11(7-5-10)12-8-15(3)13(16)14-12/h4-7,9,12H,8H2,1-3H3,(H,14,16). The fourth-order valence-electron chi connectivity index (χ4n) is 1.96. The summed E-state index contributed by atoms with van der Waals surface area (Å²) in [5, 5.41) is 2.96. The number of carbonyl (C=O) groups is 1. The van der Waals surface area contributed by atoms with E-state index in [9.17, 15) is 4.79 Å². The summed E-state index contributed by atoms with van der Waals surface area (Å²) in [6.07, 6.45) is 0. The van der Waals surface area contributed by atoms with Crippen LogP contribution in [0.4, 0.5) is 4.79 Å². The summed E-state index contributed by atoms with van der Waals surface area (Å²) in [4.78, 5) is 13.1. The van der Waals surface area contributed by atoms with E-state index in [2.05, 4.69) is 43.4 Å². The average Bonchev–Trinajstić information content (AvgIpc) is 2.59. The minimum Gasteiger partial charge on any atom is -0.329 e. The molecule has 1 aliphatic heterocycles. The fourth-order valence-corrected chi connectivity index (χ4v) is 1.96. The quantitative estimate of drug-likeness (QED) is 0.812. The molecule has 1 heterocycles. The van der Waals surface area contributed by atoms with Gasteiger partial charge in [0.2, 0.25) is 0 Å². The third kappa shape index (κ3) is 2.03.